The van der Waals surface area contributed by atoms with Crippen molar-refractivity contribution < 1.29 is 14.6 Å². The minimum Gasteiger partial charge on any atom is -0.390 e. The van der Waals surface area contributed by atoms with Gasteiger partial charge in [0.2, 0.25) is 5.91 Å². The average Bonchev–Trinajstić information content (AvgIpc) is 3.23. The standard InChI is InChI=1S/C29H37N3O5/c1-5-19-17-32(28(36)31-27(19)35)26-15-23(33)24(37-26)16-30-25(34)14-20-11-7-9-13-22(20)29(3,4)21-12-8-6-10-18(21)2/h6-13,17-18,21,23-24,26,33H,5,14-16H2,1-4H3,(H,30,34)(H,31,35,36)/t18?,21?,23-,24+,26+/m0/s1. The molecule has 3 N–H and O–H groups in total. The number of hydrogen-bond acceptors (Lipinski definition) is 5. The second-order valence-electron chi connectivity index (χ2n) is 10.6. The topological polar surface area (TPSA) is 113 Å². The molecule has 2 unspecified atom stereocenters. The Morgan fingerprint density at radius 2 is 1.92 bits per heavy atom. The Labute approximate surface area is 217 Å². The molecular weight excluding hydrogens is 470 g/mol. The van der Waals surface area contributed by atoms with Crippen molar-refractivity contribution in [3.8, 4) is 0 Å². The van der Waals surface area contributed by atoms with Gasteiger partial charge in [-0.05, 0) is 34.8 Å². The van der Waals surface area contributed by atoms with Crippen LogP contribution in [0.5, 0.6) is 0 Å². The number of nitrogens with zero attached hydrogens (tertiary/aromatic N) is 1. The fraction of sp³-hybridized carbons (Fsp3) is 0.483. The quantitative estimate of drug-likeness (QED) is 0.509. The van der Waals surface area contributed by atoms with E-state index in [1.165, 1.54) is 10.8 Å². The third-order valence-corrected chi connectivity index (χ3v) is 7.74. The van der Waals surface area contributed by atoms with Crippen molar-refractivity contribution in [1.29, 1.82) is 0 Å². The van der Waals surface area contributed by atoms with E-state index in [1.54, 1.807) is 0 Å². The van der Waals surface area contributed by atoms with Crippen LogP contribution in [-0.4, -0.2) is 39.3 Å². The SMILES string of the molecule is CCc1cn([C@H]2C[C@H](O)[C@@H](CNC(=O)Cc3ccccc3C(C)(C)C3C=CC=CC3C)O2)c(=O)[nH]c1=O. The Kier molecular flexibility index (Phi) is 7.99. The minimum absolute atomic E-state index is 0.119. The van der Waals surface area contributed by atoms with E-state index in [0.29, 0.717) is 23.8 Å². The molecule has 1 fully saturated rings. The molecule has 2 aromatic rings. The molecule has 1 aromatic carbocycles. The van der Waals surface area contributed by atoms with Gasteiger partial charge in [-0.2, -0.15) is 0 Å². The van der Waals surface area contributed by atoms with Crippen molar-refractivity contribution in [2.45, 2.75) is 70.8 Å². The van der Waals surface area contributed by atoms with E-state index in [4.69, 9.17) is 4.74 Å². The maximum Gasteiger partial charge on any atom is 0.330 e. The van der Waals surface area contributed by atoms with Gasteiger partial charge in [0.05, 0.1) is 12.5 Å². The highest BCUT2D eigenvalue weighted by Crippen LogP contribution is 2.40. The lowest BCUT2D eigenvalue weighted by Crippen LogP contribution is -2.38. The summed E-state index contributed by atoms with van der Waals surface area (Å²) >= 11 is 0. The van der Waals surface area contributed by atoms with Crippen LogP contribution < -0.4 is 16.6 Å². The number of aliphatic hydroxyl groups excluding tert-OH is 1. The Morgan fingerprint density at radius 1 is 1.19 bits per heavy atom. The smallest absolute Gasteiger partial charge is 0.330 e. The molecule has 198 valence electrons. The summed E-state index contributed by atoms with van der Waals surface area (Å²) in [5, 5.41) is 13.4. The van der Waals surface area contributed by atoms with E-state index in [2.05, 4.69) is 61.4 Å². The molecule has 4 rings (SSSR count). The summed E-state index contributed by atoms with van der Waals surface area (Å²) in [5.74, 6) is 0.536. The van der Waals surface area contributed by atoms with Crippen LogP contribution in [0.3, 0.4) is 0 Å². The molecule has 2 aliphatic rings. The average molecular weight is 508 g/mol. The van der Waals surface area contributed by atoms with Crippen LogP contribution in [0.2, 0.25) is 0 Å². The minimum atomic E-state index is -0.854. The number of H-pyrrole nitrogens is 1. The van der Waals surface area contributed by atoms with Gasteiger partial charge < -0.3 is 15.2 Å². The molecular formula is C29H37N3O5. The number of hydrogen-bond donors (Lipinski definition) is 3. The fourth-order valence-electron chi connectivity index (χ4n) is 5.61. The second-order valence-corrected chi connectivity index (χ2v) is 10.6. The van der Waals surface area contributed by atoms with Crippen molar-refractivity contribution in [2.24, 2.45) is 11.8 Å². The molecule has 0 radical (unpaired) electrons. The molecule has 1 saturated heterocycles. The lowest BCUT2D eigenvalue weighted by molar-refractivity contribution is -0.121. The molecule has 0 saturated carbocycles. The van der Waals surface area contributed by atoms with Crippen LogP contribution in [-0.2, 0) is 27.8 Å². The highest BCUT2D eigenvalue weighted by molar-refractivity contribution is 5.79. The van der Waals surface area contributed by atoms with Gasteiger partial charge in [-0.3, -0.25) is 19.1 Å². The summed E-state index contributed by atoms with van der Waals surface area (Å²) in [6, 6.07) is 8.05. The largest absolute Gasteiger partial charge is 0.390 e. The predicted octanol–water partition coefficient (Wildman–Crippen LogP) is 2.76. The van der Waals surface area contributed by atoms with Gasteiger partial charge in [0.15, 0.2) is 0 Å². The van der Waals surface area contributed by atoms with Crippen LogP contribution in [0.25, 0.3) is 0 Å². The molecule has 1 aromatic heterocycles. The second kappa shape index (κ2) is 11.0. The van der Waals surface area contributed by atoms with Gasteiger partial charge >= 0.3 is 5.69 Å². The van der Waals surface area contributed by atoms with Crippen molar-refractivity contribution in [1.82, 2.24) is 14.9 Å². The summed E-state index contributed by atoms with van der Waals surface area (Å²) in [5.41, 5.74) is 1.41. The van der Waals surface area contributed by atoms with Crippen molar-refractivity contribution >= 4 is 5.91 Å². The molecule has 1 amide bonds. The van der Waals surface area contributed by atoms with Crippen molar-refractivity contribution in [2.75, 3.05) is 6.54 Å². The van der Waals surface area contributed by atoms with Crippen molar-refractivity contribution in [3.05, 3.63) is 92.3 Å². The molecule has 2 heterocycles. The zero-order valence-corrected chi connectivity index (χ0v) is 21.9. The van der Waals surface area contributed by atoms with Crippen LogP contribution in [0.1, 0.15) is 57.0 Å². The van der Waals surface area contributed by atoms with Crippen LogP contribution in [0.15, 0.2) is 64.4 Å². The molecule has 1 aliphatic heterocycles. The van der Waals surface area contributed by atoms with E-state index in [9.17, 15) is 19.5 Å². The third-order valence-electron chi connectivity index (χ3n) is 7.74. The molecule has 0 spiro atoms. The fourth-order valence-corrected chi connectivity index (χ4v) is 5.61. The maximum absolute atomic E-state index is 13.0. The van der Waals surface area contributed by atoms with E-state index >= 15 is 0 Å². The molecule has 37 heavy (non-hydrogen) atoms. The Balaban J connectivity index is 1.41. The molecule has 8 nitrogen and oxygen atoms in total. The molecule has 8 heteroatoms. The van der Waals surface area contributed by atoms with Gasteiger partial charge in [-0.15, -0.1) is 0 Å². The number of rotatable bonds is 8. The van der Waals surface area contributed by atoms with Crippen LogP contribution >= 0.6 is 0 Å². The predicted molar refractivity (Wildman–Crippen MR) is 142 cm³/mol. The first-order valence-electron chi connectivity index (χ1n) is 13.0. The number of nitrogens with one attached hydrogen (secondary N) is 2. The Hall–Kier alpha value is -3.23. The number of carbonyl (C=O) groups is 1. The lowest BCUT2D eigenvalue weighted by Gasteiger charge is -2.38. The van der Waals surface area contributed by atoms with Crippen LogP contribution in [0, 0.1) is 11.8 Å². The number of aryl methyl sites for hydroxylation is 1. The van der Waals surface area contributed by atoms with E-state index < -0.39 is 29.7 Å². The highest BCUT2D eigenvalue weighted by Gasteiger charge is 2.37. The summed E-state index contributed by atoms with van der Waals surface area (Å²) in [4.78, 5) is 39.4. The van der Waals surface area contributed by atoms with E-state index in [0.717, 1.165) is 11.1 Å². The maximum atomic E-state index is 13.0. The third kappa shape index (κ3) is 5.70. The van der Waals surface area contributed by atoms with Crippen LogP contribution in [0.4, 0.5) is 0 Å². The number of aromatic amines is 1. The normalized spacial score (nSPS) is 25.4. The molecule has 1 aliphatic carbocycles. The summed E-state index contributed by atoms with van der Waals surface area (Å²) < 4.78 is 7.22. The number of aromatic nitrogens is 2. The highest BCUT2D eigenvalue weighted by atomic mass is 16.5. The van der Waals surface area contributed by atoms with Gasteiger partial charge in [0, 0.05) is 24.7 Å². The number of ether oxygens (including phenoxy) is 1. The first-order valence-corrected chi connectivity index (χ1v) is 13.0. The summed E-state index contributed by atoms with van der Waals surface area (Å²) in [6.45, 7) is 8.60. The zero-order valence-electron chi connectivity index (χ0n) is 21.9. The number of amides is 1. The monoisotopic (exact) mass is 507 g/mol. The Morgan fingerprint density at radius 3 is 2.65 bits per heavy atom. The van der Waals surface area contributed by atoms with E-state index in [-0.39, 0.29) is 30.7 Å². The van der Waals surface area contributed by atoms with Gasteiger partial charge in [-0.1, -0.05) is 76.3 Å². The van der Waals surface area contributed by atoms with Gasteiger partial charge in [0.1, 0.15) is 12.3 Å². The Bertz CT molecular complexity index is 1310. The summed E-state index contributed by atoms with van der Waals surface area (Å²) in [7, 11) is 0. The number of benzene rings is 1. The summed E-state index contributed by atoms with van der Waals surface area (Å²) in [6.07, 6.45) is 8.75. The van der Waals surface area contributed by atoms with Gasteiger partial charge in [-0.25, -0.2) is 4.79 Å². The lowest BCUT2D eigenvalue weighted by atomic mass is 9.66. The van der Waals surface area contributed by atoms with Gasteiger partial charge in [0.25, 0.3) is 5.56 Å². The molecule has 0 bridgehead atoms. The first-order chi connectivity index (χ1) is 17.6. The van der Waals surface area contributed by atoms with E-state index in [1.807, 2.05) is 25.1 Å². The van der Waals surface area contributed by atoms with Crippen molar-refractivity contribution in [3.63, 3.8) is 0 Å². The molecule has 5 atom stereocenters. The number of aliphatic hydroxyl groups is 1. The first kappa shape index (κ1) is 26.8. The number of carbonyl (C=O) groups excluding carboxylic acids is 1. The zero-order chi connectivity index (χ0) is 26.7. The number of allylic oxidation sites excluding steroid dienone is 4.